The third kappa shape index (κ3) is 4.81. The van der Waals surface area contributed by atoms with Crippen molar-refractivity contribution in [2.75, 3.05) is 6.61 Å². The Morgan fingerprint density at radius 2 is 1.78 bits per heavy atom. The molecule has 0 atom stereocenters. The van der Waals surface area contributed by atoms with E-state index in [2.05, 4.69) is 26.0 Å². The highest BCUT2D eigenvalue weighted by atomic mass is 79.9. The van der Waals surface area contributed by atoms with Gasteiger partial charge >= 0.3 is 5.69 Å². The summed E-state index contributed by atoms with van der Waals surface area (Å²) >= 11 is 3.42. The van der Waals surface area contributed by atoms with E-state index < -0.39 is 11.2 Å². The standard InChI is InChI=1S/C24H20BrN3O4/c1-2-31-22-13-17(9-12-21(22)32-15-16-7-10-18(25)11-8-16)14-26-28-23(29)19-5-3-4-6-20(19)27-24(28)30/h3-14H,2,15H2,1H3,(H,27,30). The minimum Gasteiger partial charge on any atom is -0.490 e. The van der Waals surface area contributed by atoms with E-state index in [9.17, 15) is 9.59 Å². The summed E-state index contributed by atoms with van der Waals surface area (Å²) in [6, 6.07) is 20.0. The molecule has 0 saturated heterocycles. The largest absolute Gasteiger partial charge is 0.490 e. The Morgan fingerprint density at radius 1 is 1.00 bits per heavy atom. The molecule has 8 heteroatoms. The Labute approximate surface area is 192 Å². The summed E-state index contributed by atoms with van der Waals surface area (Å²) in [4.78, 5) is 27.6. The zero-order chi connectivity index (χ0) is 22.5. The number of aromatic amines is 1. The fourth-order valence-corrected chi connectivity index (χ4v) is 3.38. The van der Waals surface area contributed by atoms with Crippen LogP contribution in [0.3, 0.4) is 0 Å². The van der Waals surface area contributed by atoms with Gasteiger partial charge in [-0.2, -0.15) is 5.10 Å². The fourth-order valence-electron chi connectivity index (χ4n) is 3.12. The van der Waals surface area contributed by atoms with Crippen molar-refractivity contribution in [2.45, 2.75) is 13.5 Å². The topological polar surface area (TPSA) is 85.7 Å². The van der Waals surface area contributed by atoms with Crippen molar-refractivity contribution < 1.29 is 9.47 Å². The maximum absolute atomic E-state index is 12.6. The second-order valence-electron chi connectivity index (χ2n) is 6.89. The zero-order valence-corrected chi connectivity index (χ0v) is 18.8. The highest BCUT2D eigenvalue weighted by molar-refractivity contribution is 9.10. The first-order valence-electron chi connectivity index (χ1n) is 9.97. The van der Waals surface area contributed by atoms with E-state index in [0.717, 1.165) is 14.7 Å². The van der Waals surface area contributed by atoms with E-state index in [0.29, 0.717) is 41.2 Å². The van der Waals surface area contributed by atoms with Crippen molar-refractivity contribution in [3.8, 4) is 11.5 Å². The number of rotatable bonds is 7. The SMILES string of the molecule is CCOc1cc(C=Nn2c(=O)[nH]c3ccccc3c2=O)ccc1OCc1ccc(Br)cc1. The number of H-pyrrole nitrogens is 1. The first-order valence-corrected chi connectivity index (χ1v) is 10.8. The van der Waals surface area contributed by atoms with Crippen LogP contribution in [0, 0.1) is 0 Å². The molecule has 0 aliphatic carbocycles. The predicted molar refractivity (Wildman–Crippen MR) is 128 cm³/mol. The number of halogens is 1. The summed E-state index contributed by atoms with van der Waals surface area (Å²) in [7, 11) is 0. The molecule has 0 bridgehead atoms. The van der Waals surface area contributed by atoms with Crippen LogP contribution in [0.4, 0.5) is 0 Å². The minimum atomic E-state index is -0.607. The molecule has 32 heavy (non-hydrogen) atoms. The van der Waals surface area contributed by atoms with Crippen LogP contribution in [-0.4, -0.2) is 22.5 Å². The molecule has 1 heterocycles. The summed E-state index contributed by atoms with van der Waals surface area (Å²) in [5.74, 6) is 1.14. The third-order valence-electron chi connectivity index (χ3n) is 4.68. The molecule has 0 spiro atoms. The van der Waals surface area contributed by atoms with Crippen LogP contribution in [0.15, 0.2) is 85.9 Å². The lowest BCUT2D eigenvalue weighted by atomic mass is 10.2. The number of nitrogens with one attached hydrogen (secondary N) is 1. The maximum atomic E-state index is 12.6. The first-order chi connectivity index (χ1) is 15.5. The maximum Gasteiger partial charge on any atom is 0.349 e. The molecule has 0 radical (unpaired) electrons. The molecule has 0 saturated carbocycles. The molecule has 0 amide bonds. The zero-order valence-electron chi connectivity index (χ0n) is 17.2. The second-order valence-corrected chi connectivity index (χ2v) is 7.81. The lowest BCUT2D eigenvalue weighted by Gasteiger charge is -2.12. The number of aromatic nitrogens is 2. The van der Waals surface area contributed by atoms with E-state index >= 15 is 0 Å². The molecule has 4 rings (SSSR count). The summed E-state index contributed by atoms with van der Waals surface area (Å²) in [5.41, 5.74) is 1.06. The number of benzene rings is 3. The van der Waals surface area contributed by atoms with E-state index in [1.807, 2.05) is 31.2 Å². The molecule has 0 aliphatic rings. The lowest BCUT2D eigenvalue weighted by molar-refractivity contribution is 0.269. The quantitative estimate of drug-likeness (QED) is 0.388. The number of nitrogens with zero attached hydrogens (tertiary/aromatic N) is 2. The van der Waals surface area contributed by atoms with Gasteiger partial charge in [0.05, 0.1) is 23.7 Å². The average Bonchev–Trinajstić information content (AvgIpc) is 2.79. The van der Waals surface area contributed by atoms with Gasteiger partial charge in [-0.25, -0.2) is 4.79 Å². The first kappa shape index (κ1) is 21.6. The number of hydrogen-bond acceptors (Lipinski definition) is 5. The van der Waals surface area contributed by atoms with Crippen LogP contribution in [-0.2, 0) is 6.61 Å². The van der Waals surface area contributed by atoms with Crippen LogP contribution in [0.5, 0.6) is 11.5 Å². The van der Waals surface area contributed by atoms with Gasteiger partial charge < -0.3 is 14.5 Å². The molecule has 4 aromatic rings. The van der Waals surface area contributed by atoms with Crippen molar-refractivity contribution in [1.82, 2.24) is 9.66 Å². The van der Waals surface area contributed by atoms with Crippen molar-refractivity contribution in [3.63, 3.8) is 0 Å². The van der Waals surface area contributed by atoms with Crippen LogP contribution in [0.25, 0.3) is 10.9 Å². The smallest absolute Gasteiger partial charge is 0.349 e. The number of hydrogen-bond donors (Lipinski definition) is 1. The molecule has 3 aromatic carbocycles. The Bertz CT molecular complexity index is 1390. The highest BCUT2D eigenvalue weighted by Crippen LogP contribution is 2.29. The van der Waals surface area contributed by atoms with E-state index in [-0.39, 0.29) is 0 Å². The summed E-state index contributed by atoms with van der Waals surface area (Å²) in [6.07, 6.45) is 1.44. The van der Waals surface area contributed by atoms with Gasteiger partial charge in [-0.1, -0.05) is 40.2 Å². The van der Waals surface area contributed by atoms with Gasteiger partial charge in [-0.3, -0.25) is 4.79 Å². The Morgan fingerprint density at radius 3 is 2.56 bits per heavy atom. The Hall–Kier alpha value is -3.65. The molecule has 162 valence electrons. The van der Waals surface area contributed by atoms with Crippen LogP contribution in [0.2, 0.25) is 0 Å². The van der Waals surface area contributed by atoms with Gasteiger partial charge in [0.1, 0.15) is 6.61 Å². The van der Waals surface area contributed by atoms with E-state index in [1.165, 1.54) is 6.21 Å². The van der Waals surface area contributed by atoms with Crippen molar-refractivity contribution >= 4 is 33.0 Å². The van der Waals surface area contributed by atoms with Gasteiger partial charge in [-0.05, 0) is 60.5 Å². The number of para-hydroxylation sites is 1. The monoisotopic (exact) mass is 493 g/mol. The summed E-state index contributed by atoms with van der Waals surface area (Å²) < 4.78 is 13.4. The van der Waals surface area contributed by atoms with Crippen LogP contribution >= 0.6 is 15.9 Å². The molecule has 1 aromatic heterocycles. The van der Waals surface area contributed by atoms with Gasteiger partial charge in [0.2, 0.25) is 0 Å². The second kappa shape index (κ2) is 9.65. The summed E-state index contributed by atoms with van der Waals surface area (Å²) in [5, 5.41) is 4.48. The minimum absolute atomic E-state index is 0.385. The molecule has 0 aliphatic heterocycles. The summed E-state index contributed by atoms with van der Waals surface area (Å²) in [6.45, 7) is 2.73. The molecular formula is C24H20BrN3O4. The van der Waals surface area contributed by atoms with E-state index in [1.54, 1.807) is 42.5 Å². The predicted octanol–water partition coefficient (Wildman–Crippen LogP) is 4.31. The molecule has 0 fully saturated rings. The van der Waals surface area contributed by atoms with E-state index in [4.69, 9.17) is 9.47 Å². The van der Waals surface area contributed by atoms with Gasteiger partial charge in [0.15, 0.2) is 11.5 Å². The molecule has 7 nitrogen and oxygen atoms in total. The van der Waals surface area contributed by atoms with Gasteiger partial charge in [0, 0.05) is 4.47 Å². The Kier molecular flexibility index (Phi) is 6.51. The lowest BCUT2D eigenvalue weighted by Crippen LogP contribution is -2.32. The van der Waals surface area contributed by atoms with Gasteiger partial charge in [-0.15, -0.1) is 4.68 Å². The van der Waals surface area contributed by atoms with Crippen LogP contribution < -0.4 is 20.7 Å². The average molecular weight is 494 g/mol. The van der Waals surface area contributed by atoms with Gasteiger partial charge in [0.25, 0.3) is 5.56 Å². The Balaban J connectivity index is 1.59. The molecule has 1 N–H and O–H groups in total. The van der Waals surface area contributed by atoms with Crippen molar-refractivity contribution in [3.05, 3.63) is 103 Å². The molecular weight excluding hydrogens is 474 g/mol. The number of fused-ring (bicyclic) bond motifs is 1. The van der Waals surface area contributed by atoms with Crippen molar-refractivity contribution in [1.29, 1.82) is 0 Å². The highest BCUT2D eigenvalue weighted by Gasteiger charge is 2.08. The fraction of sp³-hybridized carbons (Fsp3) is 0.125. The number of ether oxygens (including phenoxy) is 2. The van der Waals surface area contributed by atoms with Crippen molar-refractivity contribution in [2.24, 2.45) is 5.10 Å². The third-order valence-corrected chi connectivity index (χ3v) is 5.21. The molecule has 0 unspecified atom stereocenters. The van der Waals surface area contributed by atoms with Crippen LogP contribution in [0.1, 0.15) is 18.1 Å². The normalized spacial score (nSPS) is 11.2.